The second kappa shape index (κ2) is 2.67. The maximum Gasteiger partial charge on any atom is 0.227 e. The maximum atomic E-state index is 4.03. The molecule has 0 saturated heterocycles. The van der Waals surface area contributed by atoms with E-state index >= 15 is 0 Å². The number of hydrogen-bond acceptors (Lipinski definition) is 4. The fraction of sp³-hybridized carbons (Fsp3) is 0.200. The van der Waals surface area contributed by atoms with Crippen LogP contribution in [0.4, 0.5) is 0 Å². The molecule has 0 N–H and O–H groups in total. The van der Waals surface area contributed by atoms with Crippen molar-refractivity contribution in [2.45, 2.75) is 0 Å². The number of hydrogen-bond donors (Lipinski definition) is 0. The summed E-state index contributed by atoms with van der Waals surface area (Å²) >= 11 is 3.26. The van der Waals surface area contributed by atoms with E-state index in [-0.39, 0.29) is 0 Å². The monoisotopic (exact) mass is 247 g/mol. The van der Waals surface area contributed by atoms with Crippen LogP contribution in [0.3, 0.4) is 0 Å². The Morgan fingerprint density at radius 2 is 2.42 bits per heavy atom. The molecule has 0 fully saturated rings. The normalized spacial score (nSPS) is 32.2. The van der Waals surface area contributed by atoms with Crippen molar-refractivity contribution in [1.29, 1.82) is 0 Å². The van der Waals surface area contributed by atoms with E-state index in [1.54, 1.807) is 10.3 Å². The zero-order valence-corrected chi connectivity index (χ0v) is 8.66. The van der Waals surface area contributed by atoms with Crippen LogP contribution in [-0.4, -0.2) is 31.4 Å². The van der Waals surface area contributed by atoms with Crippen LogP contribution in [-0.2, 0) is 0 Å². The van der Waals surface area contributed by atoms with Gasteiger partial charge in [-0.3, -0.25) is 4.99 Å². The van der Waals surface area contributed by atoms with E-state index in [9.17, 15) is 0 Å². The first-order valence-corrected chi connectivity index (χ1v) is 6.07. The van der Waals surface area contributed by atoms with E-state index in [0.717, 1.165) is 0 Å². The van der Waals surface area contributed by atoms with Gasteiger partial charge in [0, 0.05) is 6.20 Å². The van der Waals surface area contributed by atoms with Crippen molar-refractivity contribution in [2.75, 3.05) is 6.26 Å². The first-order valence-electron chi connectivity index (χ1n) is 3.15. The topological polar surface area (TPSA) is 56.0 Å². The van der Waals surface area contributed by atoms with Gasteiger partial charge in [0.2, 0.25) is 4.73 Å². The highest BCUT2D eigenvalue weighted by Gasteiger charge is 2.21. The second-order valence-corrected chi connectivity index (χ2v) is 5.90. The molecule has 2 heterocycles. The SMILES string of the molecule is CS1(n2nnnc2Br)C=CN=C1. The average molecular weight is 248 g/mol. The minimum atomic E-state index is -1.21. The van der Waals surface area contributed by atoms with Crippen LogP contribution in [0.15, 0.2) is 21.3 Å². The summed E-state index contributed by atoms with van der Waals surface area (Å²) in [5.41, 5.74) is 1.87. The van der Waals surface area contributed by atoms with E-state index in [1.807, 2.05) is 11.0 Å². The molecule has 12 heavy (non-hydrogen) atoms. The summed E-state index contributed by atoms with van der Waals surface area (Å²) in [5.74, 6) is 0. The molecule has 0 amide bonds. The predicted octanol–water partition coefficient (Wildman–Crippen LogP) is 1.15. The van der Waals surface area contributed by atoms with Crippen molar-refractivity contribution in [2.24, 2.45) is 4.99 Å². The summed E-state index contributed by atoms with van der Waals surface area (Å²) in [5, 5.41) is 13.2. The Balaban J connectivity index is 2.49. The lowest BCUT2D eigenvalue weighted by atomic mass is 11.1. The van der Waals surface area contributed by atoms with E-state index in [1.165, 1.54) is 0 Å². The van der Waals surface area contributed by atoms with Gasteiger partial charge in [-0.05, 0) is 38.0 Å². The lowest BCUT2D eigenvalue weighted by molar-refractivity contribution is 0.849. The standard InChI is InChI=1S/C5H6BrN5S/c1-12(3-2-7-4-12)11-5(6)8-9-10-11/h2-4H,1H3. The molecular weight excluding hydrogens is 242 g/mol. The third-order valence-electron chi connectivity index (χ3n) is 1.48. The minimum absolute atomic E-state index is 0.637. The number of nitrogens with zero attached hydrogens (tertiary/aromatic N) is 5. The van der Waals surface area contributed by atoms with Crippen molar-refractivity contribution in [3.63, 3.8) is 0 Å². The molecule has 0 saturated carbocycles. The van der Waals surface area contributed by atoms with Gasteiger partial charge in [-0.25, -0.2) is 0 Å². The molecule has 0 spiro atoms. The molecule has 0 bridgehead atoms. The molecule has 0 aliphatic carbocycles. The fourth-order valence-corrected chi connectivity index (χ4v) is 3.40. The molecule has 7 heteroatoms. The summed E-state index contributed by atoms with van der Waals surface area (Å²) in [6.45, 7) is 0. The highest BCUT2D eigenvalue weighted by molar-refractivity contribution is 9.10. The van der Waals surface area contributed by atoms with Crippen LogP contribution < -0.4 is 0 Å². The van der Waals surface area contributed by atoms with Crippen LogP contribution in [0.5, 0.6) is 0 Å². The zero-order valence-electron chi connectivity index (χ0n) is 6.25. The van der Waals surface area contributed by atoms with Crippen molar-refractivity contribution >= 4 is 31.7 Å². The van der Waals surface area contributed by atoms with Crippen molar-refractivity contribution in [3.8, 4) is 0 Å². The molecule has 0 aromatic carbocycles. The molecule has 1 aromatic heterocycles. The van der Waals surface area contributed by atoms with E-state index in [0.29, 0.717) is 4.73 Å². The lowest BCUT2D eigenvalue weighted by Crippen LogP contribution is -2.08. The Labute approximate surface area is 79.1 Å². The third-order valence-corrected chi connectivity index (χ3v) is 4.42. The highest BCUT2D eigenvalue weighted by atomic mass is 79.9. The Bertz CT molecular complexity index is 344. The Morgan fingerprint density at radius 1 is 1.58 bits per heavy atom. The molecular formula is C5H6BrN5S. The number of aromatic nitrogens is 4. The van der Waals surface area contributed by atoms with Gasteiger partial charge in [-0.2, -0.15) is 4.09 Å². The van der Waals surface area contributed by atoms with Gasteiger partial charge in [0.1, 0.15) is 0 Å². The number of halogens is 1. The summed E-state index contributed by atoms with van der Waals surface area (Å²) in [6, 6.07) is 0. The molecule has 2 rings (SSSR count). The summed E-state index contributed by atoms with van der Waals surface area (Å²) in [7, 11) is -1.21. The smallest absolute Gasteiger partial charge is 0.227 e. The Kier molecular flexibility index (Phi) is 1.76. The number of tetrazole rings is 1. The average Bonchev–Trinajstić information content (AvgIpc) is 2.59. The van der Waals surface area contributed by atoms with E-state index in [4.69, 9.17) is 0 Å². The maximum absolute atomic E-state index is 4.03. The minimum Gasteiger partial charge on any atom is -0.257 e. The van der Waals surface area contributed by atoms with E-state index in [2.05, 4.69) is 42.7 Å². The van der Waals surface area contributed by atoms with Crippen LogP contribution >= 0.6 is 26.1 Å². The molecule has 1 atom stereocenters. The van der Waals surface area contributed by atoms with Gasteiger partial charge in [-0.15, -0.1) is 5.10 Å². The van der Waals surface area contributed by atoms with Crippen LogP contribution in [0.1, 0.15) is 0 Å². The predicted molar refractivity (Wildman–Crippen MR) is 52.1 cm³/mol. The second-order valence-electron chi connectivity index (χ2n) is 2.36. The van der Waals surface area contributed by atoms with Crippen LogP contribution in [0.25, 0.3) is 0 Å². The van der Waals surface area contributed by atoms with Gasteiger partial charge in [0.15, 0.2) is 0 Å². The molecule has 1 aliphatic heterocycles. The first kappa shape index (κ1) is 7.93. The first-order chi connectivity index (χ1) is 5.72. The van der Waals surface area contributed by atoms with E-state index < -0.39 is 10.2 Å². The third kappa shape index (κ3) is 1.09. The highest BCUT2D eigenvalue weighted by Crippen LogP contribution is 2.47. The molecule has 1 unspecified atom stereocenters. The molecule has 0 radical (unpaired) electrons. The van der Waals surface area contributed by atoms with Gasteiger partial charge >= 0.3 is 0 Å². The lowest BCUT2D eigenvalue weighted by Gasteiger charge is -2.23. The molecule has 64 valence electrons. The summed E-state index contributed by atoms with van der Waals surface area (Å²) in [6.07, 6.45) is 3.82. The van der Waals surface area contributed by atoms with Gasteiger partial charge in [-0.1, -0.05) is 10.2 Å². The van der Waals surface area contributed by atoms with Gasteiger partial charge < -0.3 is 0 Å². The van der Waals surface area contributed by atoms with Crippen molar-refractivity contribution < 1.29 is 0 Å². The molecule has 1 aromatic rings. The number of aliphatic imine (C=N–C) groups is 1. The number of rotatable bonds is 1. The molecule has 5 nitrogen and oxygen atoms in total. The Hall–Kier alpha value is -0.690. The van der Waals surface area contributed by atoms with Crippen molar-refractivity contribution in [3.05, 3.63) is 16.3 Å². The molecule has 1 aliphatic rings. The largest absolute Gasteiger partial charge is 0.257 e. The van der Waals surface area contributed by atoms with Crippen molar-refractivity contribution in [1.82, 2.24) is 19.6 Å². The Morgan fingerprint density at radius 3 is 2.92 bits per heavy atom. The summed E-state index contributed by atoms with van der Waals surface area (Å²) < 4.78 is 2.37. The van der Waals surface area contributed by atoms with Crippen LogP contribution in [0, 0.1) is 0 Å². The zero-order chi connectivity index (χ0) is 8.60. The van der Waals surface area contributed by atoms with Crippen LogP contribution in [0.2, 0.25) is 0 Å². The fourth-order valence-electron chi connectivity index (χ4n) is 0.864. The quantitative estimate of drug-likeness (QED) is 0.748. The van der Waals surface area contributed by atoms with Gasteiger partial charge in [0.05, 0.1) is 5.55 Å². The van der Waals surface area contributed by atoms with Gasteiger partial charge in [0.25, 0.3) is 0 Å². The summed E-state index contributed by atoms with van der Waals surface area (Å²) in [4.78, 5) is 4.03.